The SMILES string of the molecule is COC(=O)CC(C(=O)OC)N(C)Cc1ccccc1. The van der Waals surface area contributed by atoms with E-state index in [1.165, 1.54) is 14.2 Å². The first-order valence-corrected chi connectivity index (χ1v) is 5.97. The van der Waals surface area contributed by atoms with E-state index in [2.05, 4.69) is 4.74 Å². The molecule has 1 unspecified atom stereocenters. The summed E-state index contributed by atoms with van der Waals surface area (Å²) in [5, 5.41) is 0. The number of esters is 2. The predicted octanol–water partition coefficient (Wildman–Crippen LogP) is 1.22. The zero-order valence-electron chi connectivity index (χ0n) is 11.5. The fourth-order valence-corrected chi connectivity index (χ4v) is 1.78. The number of likely N-dealkylation sites (N-methyl/N-ethyl adjacent to an activating group) is 1. The summed E-state index contributed by atoms with van der Waals surface area (Å²) >= 11 is 0. The lowest BCUT2D eigenvalue weighted by Gasteiger charge is -2.25. The first-order valence-electron chi connectivity index (χ1n) is 5.97. The Bertz CT molecular complexity index is 419. The van der Waals surface area contributed by atoms with E-state index in [4.69, 9.17) is 4.74 Å². The maximum absolute atomic E-state index is 11.7. The van der Waals surface area contributed by atoms with Gasteiger partial charge >= 0.3 is 11.9 Å². The third-order valence-corrected chi connectivity index (χ3v) is 2.87. The molecule has 104 valence electrons. The number of rotatable bonds is 6. The van der Waals surface area contributed by atoms with Gasteiger partial charge in [0.25, 0.3) is 0 Å². The highest BCUT2D eigenvalue weighted by atomic mass is 16.5. The van der Waals surface area contributed by atoms with Crippen molar-refractivity contribution in [3.63, 3.8) is 0 Å². The summed E-state index contributed by atoms with van der Waals surface area (Å²) in [4.78, 5) is 24.8. The molecule has 0 saturated heterocycles. The van der Waals surface area contributed by atoms with E-state index in [1.807, 2.05) is 30.3 Å². The molecule has 0 aliphatic heterocycles. The Morgan fingerprint density at radius 2 is 1.79 bits per heavy atom. The normalized spacial score (nSPS) is 12.0. The summed E-state index contributed by atoms with van der Waals surface area (Å²) in [5.41, 5.74) is 1.06. The highest BCUT2D eigenvalue weighted by molar-refractivity contribution is 5.82. The minimum absolute atomic E-state index is 0.0213. The van der Waals surface area contributed by atoms with Gasteiger partial charge in [-0.2, -0.15) is 0 Å². The van der Waals surface area contributed by atoms with Crippen LogP contribution in [0.4, 0.5) is 0 Å². The summed E-state index contributed by atoms with van der Waals surface area (Å²) in [5.74, 6) is -0.876. The number of methoxy groups -OCH3 is 2. The lowest BCUT2D eigenvalue weighted by molar-refractivity contribution is -0.153. The Morgan fingerprint density at radius 1 is 1.16 bits per heavy atom. The van der Waals surface area contributed by atoms with Crippen LogP contribution in [0.1, 0.15) is 12.0 Å². The molecule has 0 heterocycles. The molecule has 0 spiro atoms. The van der Waals surface area contributed by atoms with Crippen LogP contribution in [-0.4, -0.2) is 44.1 Å². The van der Waals surface area contributed by atoms with Crippen molar-refractivity contribution in [2.75, 3.05) is 21.3 Å². The van der Waals surface area contributed by atoms with Crippen LogP contribution in [0, 0.1) is 0 Å². The first-order chi connectivity index (χ1) is 9.08. The van der Waals surface area contributed by atoms with E-state index in [0.717, 1.165) is 5.56 Å². The van der Waals surface area contributed by atoms with Crippen molar-refractivity contribution in [3.8, 4) is 0 Å². The fourth-order valence-electron chi connectivity index (χ4n) is 1.78. The molecule has 0 fully saturated rings. The standard InChI is InChI=1S/C14H19NO4/c1-15(10-11-7-5-4-6-8-11)12(14(17)19-3)9-13(16)18-2/h4-8,12H,9-10H2,1-3H3. The van der Waals surface area contributed by atoms with Gasteiger partial charge in [0.1, 0.15) is 6.04 Å². The fraction of sp³-hybridized carbons (Fsp3) is 0.429. The van der Waals surface area contributed by atoms with Crippen LogP contribution in [0.3, 0.4) is 0 Å². The minimum Gasteiger partial charge on any atom is -0.469 e. The van der Waals surface area contributed by atoms with E-state index in [9.17, 15) is 9.59 Å². The largest absolute Gasteiger partial charge is 0.469 e. The number of benzene rings is 1. The second-order valence-electron chi connectivity index (χ2n) is 4.22. The van der Waals surface area contributed by atoms with Crippen molar-refractivity contribution in [1.29, 1.82) is 0 Å². The van der Waals surface area contributed by atoms with E-state index < -0.39 is 18.0 Å². The van der Waals surface area contributed by atoms with Crippen LogP contribution in [0.25, 0.3) is 0 Å². The average Bonchev–Trinajstić information content (AvgIpc) is 2.44. The van der Waals surface area contributed by atoms with Crippen LogP contribution < -0.4 is 0 Å². The molecule has 0 aliphatic carbocycles. The molecule has 5 nitrogen and oxygen atoms in total. The Labute approximate surface area is 113 Å². The predicted molar refractivity (Wildman–Crippen MR) is 70.3 cm³/mol. The zero-order chi connectivity index (χ0) is 14.3. The topological polar surface area (TPSA) is 55.8 Å². The molecule has 0 saturated carbocycles. The molecular weight excluding hydrogens is 246 g/mol. The molecule has 1 aromatic carbocycles. The van der Waals surface area contributed by atoms with Gasteiger partial charge in [0.15, 0.2) is 0 Å². The number of hydrogen-bond acceptors (Lipinski definition) is 5. The molecule has 1 rings (SSSR count). The van der Waals surface area contributed by atoms with Crippen molar-refractivity contribution in [1.82, 2.24) is 4.90 Å². The van der Waals surface area contributed by atoms with Crippen molar-refractivity contribution in [2.45, 2.75) is 19.0 Å². The quantitative estimate of drug-likeness (QED) is 0.724. The van der Waals surface area contributed by atoms with Crippen molar-refractivity contribution in [3.05, 3.63) is 35.9 Å². The summed E-state index contributed by atoms with van der Waals surface area (Å²) in [6, 6.07) is 9.06. The number of carbonyl (C=O) groups excluding carboxylic acids is 2. The Hall–Kier alpha value is -1.88. The zero-order valence-corrected chi connectivity index (χ0v) is 11.5. The second kappa shape index (κ2) is 7.53. The van der Waals surface area contributed by atoms with Gasteiger partial charge in [-0.15, -0.1) is 0 Å². The van der Waals surface area contributed by atoms with E-state index in [-0.39, 0.29) is 6.42 Å². The Morgan fingerprint density at radius 3 is 2.32 bits per heavy atom. The van der Waals surface area contributed by atoms with Crippen molar-refractivity contribution >= 4 is 11.9 Å². The van der Waals surface area contributed by atoms with Gasteiger partial charge in [0.05, 0.1) is 20.6 Å². The lowest BCUT2D eigenvalue weighted by atomic mass is 10.1. The summed E-state index contributed by atoms with van der Waals surface area (Å²) in [7, 11) is 4.38. The monoisotopic (exact) mass is 265 g/mol. The molecule has 0 bridgehead atoms. The molecule has 19 heavy (non-hydrogen) atoms. The number of hydrogen-bond donors (Lipinski definition) is 0. The van der Waals surface area contributed by atoms with Crippen LogP contribution in [0.15, 0.2) is 30.3 Å². The third kappa shape index (κ3) is 4.71. The van der Waals surface area contributed by atoms with Gasteiger partial charge in [-0.1, -0.05) is 30.3 Å². The molecule has 0 aliphatic rings. The van der Waals surface area contributed by atoms with Gasteiger partial charge in [0, 0.05) is 6.54 Å². The molecule has 1 atom stereocenters. The highest BCUT2D eigenvalue weighted by Crippen LogP contribution is 2.11. The van der Waals surface area contributed by atoms with Crippen LogP contribution in [0.5, 0.6) is 0 Å². The van der Waals surface area contributed by atoms with Crippen LogP contribution in [-0.2, 0) is 25.6 Å². The van der Waals surface area contributed by atoms with Crippen molar-refractivity contribution in [2.24, 2.45) is 0 Å². The molecule has 1 aromatic rings. The van der Waals surface area contributed by atoms with Gasteiger partial charge in [-0.05, 0) is 12.6 Å². The van der Waals surface area contributed by atoms with E-state index in [1.54, 1.807) is 11.9 Å². The van der Waals surface area contributed by atoms with Crippen molar-refractivity contribution < 1.29 is 19.1 Å². The van der Waals surface area contributed by atoms with Gasteiger partial charge in [0.2, 0.25) is 0 Å². The van der Waals surface area contributed by atoms with Gasteiger partial charge < -0.3 is 9.47 Å². The van der Waals surface area contributed by atoms with Crippen LogP contribution in [0.2, 0.25) is 0 Å². The number of nitrogens with zero attached hydrogens (tertiary/aromatic N) is 1. The highest BCUT2D eigenvalue weighted by Gasteiger charge is 2.27. The molecule has 0 radical (unpaired) electrons. The number of carbonyl (C=O) groups is 2. The molecular formula is C14H19NO4. The smallest absolute Gasteiger partial charge is 0.323 e. The maximum Gasteiger partial charge on any atom is 0.323 e. The summed E-state index contributed by atoms with van der Waals surface area (Å²) < 4.78 is 9.33. The van der Waals surface area contributed by atoms with E-state index in [0.29, 0.717) is 6.54 Å². The molecule has 0 amide bonds. The first kappa shape index (κ1) is 15.2. The number of ether oxygens (including phenoxy) is 2. The molecule has 5 heteroatoms. The minimum atomic E-state index is -0.641. The lowest BCUT2D eigenvalue weighted by Crippen LogP contribution is -2.40. The van der Waals surface area contributed by atoms with Crippen LogP contribution >= 0.6 is 0 Å². The third-order valence-electron chi connectivity index (χ3n) is 2.87. The summed E-state index contributed by atoms with van der Waals surface area (Å²) in [6.07, 6.45) is -0.0213. The molecule has 0 aromatic heterocycles. The van der Waals surface area contributed by atoms with Gasteiger partial charge in [-0.3, -0.25) is 14.5 Å². The second-order valence-corrected chi connectivity index (χ2v) is 4.22. The summed E-state index contributed by atoms with van der Waals surface area (Å²) in [6.45, 7) is 0.553. The average molecular weight is 265 g/mol. The Balaban J connectivity index is 2.73. The molecule has 0 N–H and O–H groups in total. The Kier molecular flexibility index (Phi) is 6.02. The maximum atomic E-state index is 11.7. The van der Waals surface area contributed by atoms with E-state index >= 15 is 0 Å². The van der Waals surface area contributed by atoms with Gasteiger partial charge in [-0.25, -0.2) is 0 Å².